The maximum absolute atomic E-state index is 11.7. The van der Waals surface area contributed by atoms with E-state index >= 15 is 0 Å². The Morgan fingerprint density at radius 2 is 1.79 bits per heavy atom. The van der Waals surface area contributed by atoms with Gasteiger partial charge in [0.15, 0.2) is 9.84 Å². The van der Waals surface area contributed by atoms with Crippen LogP contribution in [-0.4, -0.2) is 54.9 Å². The average molecular weight is 408 g/mol. The summed E-state index contributed by atoms with van der Waals surface area (Å²) < 4.78 is 34.3. The normalized spacial score (nSPS) is 20.0. The van der Waals surface area contributed by atoms with Gasteiger partial charge in [0, 0.05) is 19.3 Å². The minimum Gasteiger partial charge on any atom is -0.434 e. The molecule has 10 nitrogen and oxygen atoms in total. The van der Waals surface area contributed by atoms with E-state index in [2.05, 4.69) is 9.97 Å². The number of nitrogens with zero attached hydrogens (tertiary/aromatic N) is 4. The third kappa shape index (κ3) is 4.37. The summed E-state index contributed by atoms with van der Waals surface area (Å²) in [6.45, 7) is 4.67. The van der Waals surface area contributed by atoms with E-state index in [0.29, 0.717) is 13.1 Å². The van der Waals surface area contributed by atoms with Crippen molar-refractivity contribution in [3.63, 3.8) is 0 Å². The summed E-state index contributed by atoms with van der Waals surface area (Å²) in [5.41, 5.74) is -0.351. The smallest absolute Gasteiger partial charge is 0.373 e. The molecule has 2 unspecified atom stereocenters. The molecule has 0 saturated carbocycles. The number of benzene rings is 1. The maximum atomic E-state index is 11.7. The average Bonchev–Trinajstić information content (AvgIpc) is 2.60. The molecule has 1 fully saturated rings. The number of ether oxygens (including phenoxy) is 2. The minimum atomic E-state index is -3.35. The monoisotopic (exact) mass is 408 g/mol. The van der Waals surface area contributed by atoms with Gasteiger partial charge in [-0.3, -0.25) is 10.1 Å². The van der Waals surface area contributed by atoms with E-state index in [0.717, 1.165) is 6.26 Å². The molecule has 0 N–H and O–H groups in total. The standard InChI is InChI=1S/C17H20N4O6S/c1-11-8-20(9-12(2)26-11)16-15(21(22)23)17(19-10-18-16)27-13-4-6-14(7-5-13)28(3,24)25/h4-7,10-12H,8-9H2,1-3H3. The molecule has 1 aromatic carbocycles. The molecule has 0 aliphatic carbocycles. The van der Waals surface area contributed by atoms with Gasteiger partial charge in [-0.15, -0.1) is 0 Å². The van der Waals surface area contributed by atoms with Crippen molar-refractivity contribution in [2.75, 3.05) is 24.2 Å². The molecular weight excluding hydrogens is 388 g/mol. The lowest BCUT2D eigenvalue weighted by Crippen LogP contribution is -2.46. The van der Waals surface area contributed by atoms with Crippen molar-refractivity contribution in [3.05, 3.63) is 40.7 Å². The zero-order valence-electron chi connectivity index (χ0n) is 15.6. The number of rotatable bonds is 5. The predicted octanol–water partition coefficient (Wildman–Crippen LogP) is 2.19. The third-order valence-corrected chi connectivity index (χ3v) is 5.27. The Morgan fingerprint density at radius 1 is 1.18 bits per heavy atom. The van der Waals surface area contributed by atoms with Gasteiger partial charge in [-0.05, 0) is 38.1 Å². The Kier molecular flexibility index (Phi) is 5.47. The van der Waals surface area contributed by atoms with Gasteiger partial charge in [0.1, 0.15) is 12.1 Å². The highest BCUT2D eigenvalue weighted by molar-refractivity contribution is 7.90. The van der Waals surface area contributed by atoms with Crippen LogP contribution in [0.2, 0.25) is 0 Å². The Morgan fingerprint density at radius 3 is 2.32 bits per heavy atom. The second-order valence-electron chi connectivity index (χ2n) is 6.62. The quantitative estimate of drug-likeness (QED) is 0.540. The van der Waals surface area contributed by atoms with E-state index in [9.17, 15) is 18.5 Å². The van der Waals surface area contributed by atoms with Gasteiger partial charge in [0.05, 0.1) is 22.0 Å². The van der Waals surface area contributed by atoms with Gasteiger partial charge >= 0.3 is 11.6 Å². The molecule has 28 heavy (non-hydrogen) atoms. The first kappa shape index (κ1) is 20.0. The van der Waals surface area contributed by atoms with Crippen molar-refractivity contribution in [3.8, 4) is 11.6 Å². The predicted molar refractivity (Wildman–Crippen MR) is 101 cm³/mol. The number of aromatic nitrogens is 2. The molecular formula is C17H20N4O6S. The minimum absolute atomic E-state index is 0.105. The summed E-state index contributed by atoms with van der Waals surface area (Å²) in [6.07, 6.45) is 2.08. The van der Waals surface area contributed by atoms with Crippen LogP contribution in [0.5, 0.6) is 11.6 Å². The van der Waals surface area contributed by atoms with E-state index < -0.39 is 14.8 Å². The van der Waals surface area contributed by atoms with Gasteiger partial charge < -0.3 is 14.4 Å². The Bertz CT molecular complexity index is 970. The molecule has 0 bridgehead atoms. The Balaban J connectivity index is 1.94. The van der Waals surface area contributed by atoms with Crippen LogP contribution in [0.4, 0.5) is 11.5 Å². The summed E-state index contributed by atoms with van der Waals surface area (Å²) in [5, 5.41) is 11.7. The topological polar surface area (TPSA) is 125 Å². The molecule has 1 saturated heterocycles. The van der Waals surface area contributed by atoms with E-state index in [1.807, 2.05) is 13.8 Å². The zero-order chi connectivity index (χ0) is 20.5. The summed E-state index contributed by atoms with van der Waals surface area (Å²) in [4.78, 5) is 21.1. The molecule has 2 atom stereocenters. The first-order chi connectivity index (χ1) is 13.1. The van der Waals surface area contributed by atoms with Gasteiger partial charge in [-0.1, -0.05) is 0 Å². The molecule has 1 aromatic heterocycles. The largest absolute Gasteiger partial charge is 0.434 e. The lowest BCUT2D eigenvalue weighted by molar-refractivity contribution is -0.385. The maximum Gasteiger partial charge on any atom is 0.373 e. The first-order valence-corrected chi connectivity index (χ1v) is 10.4. The lowest BCUT2D eigenvalue weighted by atomic mass is 10.2. The van der Waals surface area contributed by atoms with Crippen LogP contribution in [-0.2, 0) is 14.6 Å². The Labute approximate surface area is 162 Å². The fourth-order valence-corrected chi connectivity index (χ4v) is 3.67. The van der Waals surface area contributed by atoms with Crippen molar-refractivity contribution < 1.29 is 22.8 Å². The molecule has 1 aliphatic heterocycles. The fraction of sp³-hybridized carbons (Fsp3) is 0.412. The van der Waals surface area contributed by atoms with Crippen LogP contribution in [0, 0.1) is 10.1 Å². The third-order valence-electron chi connectivity index (χ3n) is 4.14. The number of morpholine rings is 1. The second kappa shape index (κ2) is 7.68. The fourth-order valence-electron chi connectivity index (χ4n) is 3.04. The van der Waals surface area contributed by atoms with Crippen LogP contribution in [0.25, 0.3) is 0 Å². The molecule has 2 aromatic rings. The van der Waals surface area contributed by atoms with E-state index in [1.165, 1.54) is 30.6 Å². The highest BCUT2D eigenvalue weighted by Crippen LogP contribution is 2.37. The molecule has 0 radical (unpaired) electrons. The van der Waals surface area contributed by atoms with E-state index in [1.54, 1.807) is 4.90 Å². The number of anilines is 1. The van der Waals surface area contributed by atoms with Crippen LogP contribution < -0.4 is 9.64 Å². The van der Waals surface area contributed by atoms with Crippen LogP contribution in [0.3, 0.4) is 0 Å². The van der Waals surface area contributed by atoms with Crippen molar-refractivity contribution in [1.29, 1.82) is 0 Å². The SMILES string of the molecule is CC1CN(c2ncnc(Oc3ccc(S(C)(=O)=O)cc3)c2[N+](=O)[O-])CC(C)O1. The molecule has 0 amide bonds. The summed E-state index contributed by atoms with van der Waals surface area (Å²) in [6, 6.07) is 5.56. The molecule has 150 valence electrons. The Hall–Kier alpha value is -2.79. The molecule has 1 aliphatic rings. The van der Waals surface area contributed by atoms with Crippen LogP contribution in [0.1, 0.15) is 13.8 Å². The number of nitro groups is 1. The number of hydrogen-bond donors (Lipinski definition) is 0. The van der Waals surface area contributed by atoms with Gasteiger partial charge in [0.2, 0.25) is 5.82 Å². The van der Waals surface area contributed by atoms with Gasteiger partial charge in [-0.25, -0.2) is 13.4 Å². The van der Waals surface area contributed by atoms with Crippen molar-refractivity contribution >= 4 is 21.3 Å². The second-order valence-corrected chi connectivity index (χ2v) is 8.63. The highest BCUT2D eigenvalue weighted by atomic mass is 32.2. The molecule has 3 rings (SSSR count). The van der Waals surface area contributed by atoms with E-state index in [-0.39, 0.29) is 40.2 Å². The van der Waals surface area contributed by atoms with Crippen LogP contribution in [0.15, 0.2) is 35.5 Å². The number of hydrogen-bond acceptors (Lipinski definition) is 9. The number of sulfone groups is 1. The molecule has 0 spiro atoms. The van der Waals surface area contributed by atoms with Crippen molar-refractivity contribution in [1.82, 2.24) is 9.97 Å². The molecule has 2 heterocycles. The van der Waals surface area contributed by atoms with Crippen LogP contribution >= 0.6 is 0 Å². The van der Waals surface area contributed by atoms with Gasteiger partial charge in [0.25, 0.3) is 0 Å². The van der Waals surface area contributed by atoms with E-state index in [4.69, 9.17) is 9.47 Å². The summed E-state index contributed by atoms with van der Waals surface area (Å²) >= 11 is 0. The summed E-state index contributed by atoms with van der Waals surface area (Å²) in [5.74, 6) is 0.169. The first-order valence-electron chi connectivity index (χ1n) is 8.53. The lowest BCUT2D eigenvalue weighted by Gasteiger charge is -2.35. The van der Waals surface area contributed by atoms with Gasteiger partial charge in [-0.2, -0.15) is 4.98 Å². The highest BCUT2D eigenvalue weighted by Gasteiger charge is 2.32. The van der Waals surface area contributed by atoms with Crippen molar-refractivity contribution in [2.45, 2.75) is 31.0 Å². The molecule has 11 heteroatoms. The summed E-state index contributed by atoms with van der Waals surface area (Å²) in [7, 11) is -3.35. The zero-order valence-corrected chi connectivity index (χ0v) is 16.4. The van der Waals surface area contributed by atoms with Crippen molar-refractivity contribution in [2.24, 2.45) is 0 Å².